The molecule has 3 heterocycles. The number of carbonyl (C=O) groups is 1. The molecule has 0 aliphatic carbocycles. The zero-order chi connectivity index (χ0) is 19.6. The van der Waals surface area contributed by atoms with E-state index in [0.717, 1.165) is 36.4 Å². The summed E-state index contributed by atoms with van der Waals surface area (Å²) >= 11 is 0. The van der Waals surface area contributed by atoms with Crippen LogP contribution in [0.15, 0.2) is 4.79 Å². The van der Waals surface area contributed by atoms with Crippen LogP contribution in [-0.2, 0) is 16.0 Å². The Morgan fingerprint density at radius 3 is 2.74 bits per heavy atom. The summed E-state index contributed by atoms with van der Waals surface area (Å²) in [7, 11) is 0. The Balaban J connectivity index is 1.68. The lowest BCUT2D eigenvalue weighted by Gasteiger charge is -2.11. The van der Waals surface area contributed by atoms with Gasteiger partial charge in [0.05, 0.1) is 11.8 Å². The molecule has 2 N–H and O–H groups in total. The molecule has 0 aromatic carbocycles. The van der Waals surface area contributed by atoms with E-state index in [-0.39, 0.29) is 17.6 Å². The first-order valence-electron chi connectivity index (χ1n) is 9.38. The normalized spacial score (nSPS) is 16.7. The number of aryl methyl sites for hydroxylation is 2. The van der Waals surface area contributed by atoms with Gasteiger partial charge in [-0.2, -0.15) is 5.10 Å². The highest BCUT2D eigenvalue weighted by molar-refractivity contribution is 5.76. The van der Waals surface area contributed by atoms with E-state index < -0.39 is 0 Å². The summed E-state index contributed by atoms with van der Waals surface area (Å²) in [5, 5.41) is 7.45. The van der Waals surface area contributed by atoms with Gasteiger partial charge in [0.2, 0.25) is 11.9 Å². The van der Waals surface area contributed by atoms with Gasteiger partial charge >= 0.3 is 0 Å². The van der Waals surface area contributed by atoms with Gasteiger partial charge in [-0.25, -0.2) is 9.67 Å². The molecule has 3 rings (SSSR count). The zero-order valence-corrected chi connectivity index (χ0v) is 16.4. The number of H-pyrrole nitrogens is 1. The number of nitrogens with zero attached hydrogens (tertiary/aromatic N) is 3. The quantitative estimate of drug-likeness (QED) is 0.797. The summed E-state index contributed by atoms with van der Waals surface area (Å²) in [6, 6.07) is 0. The minimum Gasteiger partial charge on any atom is -0.376 e. The molecular formula is C19H27N5O3. The number of aromatic amines is 1. The van der Waals surface area contributed by atoms with Crippen LogP contribution in [0.4, 0.5) is 0 Å². The van der Waals surface area contributed by atoms with Gasteiger partial charge in [-0.15, -0.1) is 0 Å². The Morgan fingerprint density at radius 2 is 2.07 bits per heavy atom. The topological polar surface area (TPSA) is 102 Å². The van der Waals surface area contributed by atoms with Crippen LogP contribution in [-0.4, -0.2) is 44.9 Å². The van der Waals surface area contributed by atoms with Crippen LogP contribution in [0.2, 0.25) is 0 Å². The van der Waals surface area contributed by atoms with E-state index >= 15 is 0 Å². The van der Waals surface area contributed by atoms with Crippen molar-refractivity contribution >= 4 is 5.91 Å². The van der Waals surface area contributed by atoms with Gasteiger partial charge in [-0.1, -0.05) is 0 Å². The monoisotopic (exact) mass is 373 g/mol. The van der Waals surface area contributed by atoms with E-state index in [4.69, 9.17) is 4.74 Å². The maximum absolute atomic E-state index is 12.1. The molecule has 0 bridgehead atoms. The molecule has 1 fully saturated rings. The minimum atomic E-state index is -0.167. The Morgan fingerprint density at radius 1 is 1.30 bits per heavy atom. The maximum atomic E-state index is 12.1. The van der Waals surface area contributed by atoms with E-state index in [1.54, 1.807) is 18.5 Å². The first-order chi connectivity index (χ1) is 12.9. The summed E-state index contributed by atoms with van der Waals surface area (Å²) in [5.74, 6) is 0.410. The van der Waals surface area contributed by atoms with Gasteiger partial charge < -0.3 is 10.1 Å². The number of carbonyl (C=O) groups excluding carboxylic acids is 1. The Hall–Kier alpha value is -2.48. The number of ether oxygens (including phenoxy) is 1. The van der Waals surface area contributed by atoms with Crippen molar-refractivity contribution in [3.8, 4) is 5.95 Å². The molecule has 1 aliphatic rings. The van der Waals surface area contributed by atoms with Crippen LogP contribution >= 0.6 is 0 Å². The van der Waals surface area contributed by atoms with E-state index in [9.17, 15) is 9.59 Å². The van der Waals surface area contributed by atoms with Crippen molar-refractivity contribution in [2.75, 3.05) is 13.2 Å². The third kappa shape index (κ3) is 4.27. The molecule has 8 heteroatoms. The number of amides is 1. The Bertz CT molecular complexity index is 893. The molecule has 0 saturated carbocycles. The van der Waals surface area contributed by atoms with Gasteiger partial charge in [-0.3, -0.25) is 14.6 Å². The van der Waals surface area contributed by atoms with Crippen LogP contribution in [0.1, 0.15) is 47.5 Å². The fourth-order valence-corrected chi connectivity index (χ4v) is 3.33. The second-order valence-corrected chi connectivity index (χ2v) is 7.10. The molecule has 1 amide bonds. The lowest BCUT2D eigenvalue weighted by molar-refractivity contribution is -0.121. The van der Waals surface area contributed by atoms with E-state index in [2.05, 4.69) is 20.4 Å². The molecule has 0 spiro atoms. The van der Waals surface area contributed by atoms with Crippen molar-refractivity contribution < 1.29 is 9.53 Å². The van der Waals surface area contributed by atoms with Crippen LogP contribution in [0.25, 0.3) is 5.95 Å². The minimum absolute atomic E-state index is 0.00904. The molecule has 2 aromatic heterocycles. The Labute approximate surface area is 158 Å². The first-order valence-corrected chi connectivity index (χ1v) is 9.38. The predicted molar refractivity (Wildman–Crippen MR) is 101 cm³/mol. The van der Waals surface area contributed by atoms with Crippen molar-refractivity contribution in [3.63, 3.8) is 0 Å². The van der Waals surface area contributed by atoms with Crippen molar-refractivity contribution in [3.05, 3.63) is 38.6 Å². The van der Waals surface area contributed by atoms with Gasteiger partial charge in [-0.05, 0) is 52.5 Å². The number of hydrogen-bond donors (Lipinski definition) is 2. The molecule has 146 valence electrons. The van der Waals surface area contributed by atoms with Crippen LogP contribution in [0.3, 0.4) is 0 Å². The molecule has 1 atom stereocenters. The molecule has 1 aliphatic heterocycles. The van der Waals surface area contributed by atoms with Gasteiger partial charge in [0.25, 0.3) is 5.56 Å². The number of rotatable bonds is 6. The molecule has 1 saturated heterocycles. The number of aromatic nitrogens is 4. The highest BCUT2D eigenvalue weighted by Crippen LogP contribution is 2.18. The van der Waals surface area contributed by atoms with Gasteiger partial charge in [0, 0.05) is 36.5 Å². The fraction of sp³-hybridized carbons (Fsp3) is 0.579. The van der Waals surface area contributed by atoms with Crippen LogP contribution in [0.5, 0.6) is 0 Å². The highest BCUT2D eigenvalue weighted by Gasteiger charge is 2.18. The molecule has 27 heavy (non-hydrogen) atoms. The van der Waals surface area contributed by atoms with Crippen molar-refractivity contribution in [1.82, 2.24) is 25.1 Å². The van der Waals surface area contributed by atoms with E-state index in [1.165, 1.54) is 0 Å². The largest absolute Gasteiger partial charge is 0.376 e. The molecule has 8 nitrogen and oxygen atoms in total. The SMILES string of the molecule is Cc1nn(-c2nc(C)c(C)c(=O)[nH]2)c(C)c1CCC(=O)NC[C@H]1CCCO1. The second kappa shape index (κ2) is 8.04. The van der Waals surface area contributed by atoms with E-state index in [1.807, 2.05) is 13.8 Å². The van der Waals surface area contributed by atoms with Crippen LogP contribution < -0.4 is 10.9 Å². The third-order valence-corrected chi connectivity index (χ3v) is 5.18. The summed E-state index contributed by atoms with van der Waals surface area (Å²) < 4.78 is 7.16. The van der Waals surface area contributed by atoms with Crippen LogP contribution in [0, 0.1) is 27.7 Å². The maximum Gasteiger partial charge on any atom is 0.255 e. The second-order valence-electron chi connectivity index (χ2n) is 7.10. The average Bonchev–Trinajstić information content (AvgIpc) is 3.24. The van der Waals surface area contributed by atoms with Crippen molar-refractivity contribution in [2.24, 2.45) is 0 Å². The Kier molecular flexibility index (Phi) is 5.74. The summed E-state index contributed by atoms with van der Waals surface area (Å²) in [4.78, 5) is 31.4. The lowest BCUT2D eigenvalue weighted by Crippen LogP contribution is -2.31. The molecular weight excluding hydrogens is 346 g/mol. The number of nitrogens with one attached hydrogen (secondary N) is 2. The highest BCUT2D eigenvalue weighted by atomic mass is 16.5. The zero-order valence-electron chi connectivity index (χ0n) is 16.4. The van der Waals surface area contributed by atoms with Gasteiger partial charge in [0.15, 0.2) is 0 Å². The summed E-state index contributed by atoms with van der Waals surface area (Å²) in [5.41, 5.74) is 3.83. The standard InChI is InChI=1S/C19H27N5O3/c1-11-12(2)21-19(22-18(11)26)24-14(4)16(13(3)23-24)7-8-17(25)20-10-15-6-5-9-27-15/h15H,5-10H2,1-4H3,(H,20,25)(H,21,22,26)/t15-/m1/s1. The fourth-order valence-electron chi connectivity index (χ4n) is 3.33. The van der Waals surface area contributed by atoms with Gasteiger partial charge in [0.1, 0.15) is 0 Å². The van der Waals surface area contributed by atoms with Crippen molar-refractivity contribution in [2.45, 2.75) is 59.5 Å². The molecule has 0 radical (unpaired) electrons. The third-order valence-electron chi connectivity index (χ3n) is 5.18. The summed E-state index contributed by atoms with van der Waals surface area (Å²) in [6.07, 6.45) is 3.19. The smallest absolute Gasteiger partial charge is 0.255 e. The molecule has 2 aromatic rings. The van der Waals surface area contributed by atoms with E-state index in [0.29, 0.717) is 36.6 Å². The first kappa shape index (κ1) is 19.3. The molecule has 0 unspecified atom stereocenters. The lowest BCUT2D eigenvalue weighted by atomic mass is 10.1. The number of hydrogen-bond acceptors (Lipinski definition) is 5. The predicted octanol–water partition coefficient (Wildman–Crippen LogP) is 1.42. The average molecular weight is 373 g/mol. The van der Waals surface area contributed by atoms with Crippen molar-refractivity contribution in [1.29, 1.82) is 0 Å². The summed E-state index contributed by atoms with van der Waals surface area (Å²) in [6.45, 7) is 8.74.